The number of nitrogens with zero attached hydrogens (tertiary/aromatic N) is 3. The van der Waals surface area contributed by atoms with Crippen molar-refractivity contribution in [2.75, 3.05) is 0 Å². The molecule has 0 fully saturated rings. The molecule has 0 bridgehead atoms. The van der Waals surface area contributed by atoms with Gasteiger partial charge in [0.05, 0.1) is 0 Å². The first-order valence-corrected chi connectivity index (χ1v) is 7.69. The van der Waals surface area contributed by atoms with E-state index in [-0.39, 0.29) is 5.56 Å². The monoisotopic (exact) mass is 311 g/mol. The fourth-order valence-corrected chi connectivity index (χ4v) is 2.76. The Labute approximate surface area is 134 Å². The summed E-state index contributed by atoms with van der Waals surface area (Å²) >= 11 is 0. The maximum atomic E-state index is 12.0. The molecule has 3 rings (SSSR count). The molecule has 0 aliphatic rings. The Kier molecular flexibility index (Phi) is 3.77. The number of fused-ring (bicyclic) bond motifs is 1. The van der Waals surface area contributed by atoms with E-state index >= 15 is 0 Å². The van der Waals surface area contributed by atoms with Crippen LogP contribution in [0.5, 0.6) is 0 Å². The van der Waals surface area contributed by atoms with Gasteiger partial charge in [-0.3, -0.25) is 4.79 Å². The van der Waals surface area contributed by atoms with Crippen LogP contribution in [0, 0.1) is 0 Å². The van der Waals surface area contributed by atoms with E-state index in [1.807, 2.05) is 49.7 Å². The molecule has 2 aromatic heterocycles. The molecular formula is C17H21N5O. The van der Waals surface area contributed by atoms with Gasteiger partial charge in [-0.15, -0.1) is 10.2 Å². The number of aromatic amines is 1. The second-order valence-corrected chi connectivity index (χ2v) is 6.23. The zero-order valence-electron chi connectivity index (χ0n) is 13.6. The first-order chi connectivity index (χ1) is 10.9. The minimum Gasteiger partial charge on any atom is -0.322 e. The standard InChI is InChI=1S/C17H21N5O/c1-4-11-7-12-5-6-13(8-14(12)20-16(11)23)17(2,18)9-15-21-19-10-22(15)3/h5-8,10H,4,9,18H2,1-3H3,(H,20,23). The molecule has 1 unspecified atom stereocenters. The first-order valence-electron chi connectivity index (χ1n) is 7.69. The number of aryl methyl sites for hydroxylation is 2. The molecule has 23 heavy (non-hydrogen) atoms. The summed E-state index contributed by atoms with van der Waals surface area (Å²) in [7, 11) is 1.90. The first kappa shape index (κ1) is 15.4. The van der Waals surface area contributed by atoms with Crippen LogP contribution in [0.1, 0.15) is 30.8 Å². The zero-order chi connectivity index (χ0) is 16.6. The third-order valence-corrected chi connectivity index (χ3v) is 4.29. The van der Waals surface area contributed by atoms with Gasteiger partial charge < -0.3 is 15.3 Å². The Hall–Kier alpha value is -2.47. The summed E-state index contributed by atoms with van der Waals surface area (Å²) in [6, 6.07) is 7.90. The maximum absolute atomic E-state index is 12.0. The third kappa shape index (κ3) is 2.90. The number of benzene rings is 1. The van der Waals surface area contributed by atoms with E-state index in [1.54, 1.807) is 6.33 Å². The van der Waals surface area contributed by atoms with Crippen LogP contribution in [0.3, 0.4) is 0 Å². The minimum atomic E-state index is -0.602. The van der Waals surface area contributed by atoms with Crippen molar-refractivity contribution in [1.29, 1.82) is 0 Å². The fraction of sp³-hybridized carbons (Fsp3) is 0.353. The molecular weight excluding hydrogens is 290 g/mol. The van der Waals surface area contributed by atoms with Gasteiger partial charge >= 0.3 is 0 Å². The molecule has 0 aliphatic carbocycles. The second kappa shape index (κ2) is 5.62. The van der Waals surface area contributed by atoms with Crippen LogP contribution in [0.2, 0.25) is 0 Å². The van der Waals surface area contributed by atoms with Crippen LogP contribution in [-0.4, -0.2) is 19.7 Å². The number of nitrogens with two attached hydrogens (primary N) is 1. The Morgan fingerprint density at radius 2 is 2.13 bits per heavy atom. The summed E-state index contributed by atoms with van der Waals surface area (Å²) < 4.78 is 1.86. The average Bonchev–Trinajstić information content (AvgIpc) is 2.90. The van der Waals surface area contributed by atoms with Crippen molar-refractivity contribution in [3.63, 3.8) is 0 Å². The quantitative estimate of drug-likeness (QED) is 0.766. The molecule has 6 heteroatoms. The number of aromatic nitrogens is 4. The molecule has 1 atom stereocenters. The maximum Gasteiger partial charge on any atom is 0.251 e. The molecule has 0 saturated carbocycles. The van der Waals surface area contributed by atoms with Crippen LogP contribution < -0.4 is 11.3 Å². The average molecular weight is 311 g/mol. The zero-order valence-corrected chi connectivity index (χ0v) is 13.6. The van der Waals surface area contributed by atoms with E-state index in [9.17, 15) is 4.79 Å². The van der Waals surface area contributed by atoms with Gasteiger partial charge in [0.15, 0.2) is 0 Å². The molecule has 0 spiro atoms. The lowest BCUT2D eigenvalue weighted by atomic mass is 9.88. The van der Waals surface area contributed by atoms with Crippen molar-refractivity contribution in [2.45, 2.75) is 32.2 Å². The van der Waals surface area contributed by atoms with E-state index in [0.717, 1.165) is 27.9 Å². The van der Waals surface area contributed by atoms with Crippen molar-refractivity contribution < 1.29 is 0 Å². The van der Waals surface area contributed by atoms with Crippen molar-refractivity contribution in [3.8, 4) is 0 Å². The Morgan fingerprint density at radius 3 is 2.78 bits per heavy atom. The fourth-order valence-electron chi connectivity index (χ4n) is 2.76. The van der Waals surface area contributed by atoms with Gasteiger partial charge in [0.25, 0.3) is 5.56 Å². The lowest BCUT2D eigenvalue weighted by molar-refractivity contribution is 0.470. The predicted molar refractivity (Wildman–Crippen MR) is 90.2 cm³/mol. The number of H-pyrrole nitrogens is 1. The van der Waals surface area contributed by atoms with E-state index in [0.29, 0.717) is 12.8 Å². The van der Waals surface area contributed by atoms with Gasteiger partial charge in [-0.1, -0.05) is 19.1 Å². The van der Waals surface area contributed by atoms with Crippen LogP contribution in [-0.2, 0) is 25.4 Å². The number of hydrogen-bond donors (Lipinski definition) is 2. The van der Waals surface area contributed by atoms with Gasteiger partial charge in [0, 0.05) is 30.1 Å². The van der Waals surface area contributed by atoms with Crippen LogP contribution in [0.25, 0.3) is 10.9 Å². The molecule has 3 N–H and O–H groups in total. The highest BCUT2D eigenvalue weighted by Crippen LogP contribution is 2.25. The van der Waals surface area contributed by atoms with Gasteiger partial charge in [0.2, 0.25) is 0 Å². The van der Waals surface area contributed by atoms with Crippen LogP contribution >= 0.6 is 0 Å². The van der Waals surface area contributed by atoms with Gasteiger partial charge in [-0.2, -0.15) is 0 Å². The summed E-state index contributed by atoms with van der Waals surface area (Å²) in [6.07, 6.45) is 2.94. The Bertz CT molecular complexity index is 907. The highest BCUT2D eigenvalue weighted by molar-refractivity contribution is 5.80. The molecule has 0 aliphatic heterocycles. The normalized spacial score (nSPS) is 14.1. The number of hydrogen-bond acceptors (Lipinski definition) is 4. The van der Waals surface area contributed by atoms with Crippen LogP contribution in [0.4, 0.5) is 0 Å². The SMILES string of the molecule is CCc1cc2ccc(C(C)(N)Cc3nncn3C)cc2[nH]c1=O. The largest absolute Gasteiger partial charge is 0.322 e. The van der Waals surface area contributed by atoms with Crippen molar-refractivity contribution in [2.24, 2.45) is 12.8 Å². The molecule has 6 nitrogen and oxygen atoms in total. The van der Waals surface area contributed by atoms with Crippen molar-refractivity contribution >= 4 is 10.9 Å². The van der Waals surface area contributed by atoms with E-state index in [4.69, 9.17) is 5.73 Å². The van der Waals surface area contributed by atoms with Crippen LogP contribution in [0.15, 0.2) is 35.4 Å². The summed E-state index contributed by atoms with van der Waals surface area (Å²) in [4.78, 5) is 15.0. The molecule has 1 aromatic carbocycles. The highest BCUT2D eigenvalue weighted by atomic mass is 16.1. The number of pyridine rings is 1. The molecule has 0 radical (unpaired) electrons. The van der Waals surface area contributed by atoms with Gasteiger partial charge in [0.1, 0.15) is 12.2 Å². The molecule has 0 amide bonds. The molecule has 3 aromatic rings. The predicted octanol–water partition coefficient (Wildman–Crippen LogP) is 1.64. The topological polar surface area (TPSA) is 89.6 Å². The highest BCUT2D eigenvalue weighted by Gasteiger charge is 2.24. The van der Waals surface area contributed by atoms with E-state index in [2.05, 4.69) is 15.2 Å². The number of nitrogens with one attached hydrogen (secondary N) is 1. The lowest BCUT2D eigenvalue weighted by Gasteiger charge is -2.25. The van der Waals surface area contributed by atoms with Gasteiger partial charge in [-0.25, -0.2) is 0 Å². The molecule has 2 heterocycles. The van der Waals surface area contributed by atoms with E-state index < -0.39 is 5.54 Å². The van der Waals surface area contributed by atoms with Crippen molar-refractivity contribution in [1.82, 2.24) is 19.7 Å². The molecule has 120 valence electrons. The van der Waals surface area contributed by atoms with Crippen molar-refractivity contribution in [3.05, 3.63) is 57.9 Å². The summed E-state index contributed by atoms with van der Waals surface area (Å²) in [5.74, 6) is 0.824. The Morgan fingerprint density at radius 1 is 1.35 bits per heavy atom. The smallest absolute Gasteiger partial charge is 0.251 e. The lowest BCUT2D eigenvalue weighted by Crippen LogP contribution is -2.36. The summed E-state index contributed by atoms with van der Waals surface area (Å²) in [6.45, 7) is 3.93. The second-order valence-electron chi connectivity index (χ2n) is 6.23. The number of rotatable bonds is 4. The minimum absolute atomic E-state index is 0.0378. The van der Waals surface area contributed by atoms with Gasteiger partial charge in [-0.05, 0) is 36.4 Å². The summed E-state index contributed by atoms with van der Waals surface area (Å²) in [5, 5.41) is 9.00. The summed E-state index contributed by atoms with van der Waals surface area (Å²) in [5.41, 5.74) is 8.42. The molecule has 0 saturated heterocycles. The van der Waals surface area contributed by atoms with E-state index in [1.165, 1.54) is 0 Å². The third-order valence-electron chi connectivity index (χ3n) is 4.29. The Balaban J connectivity index is 2.02.